The summed E-state index contributed by atoms with van der Waals surface area (Å²) in [6.07, 6.45) is 9.86. The molecule has 1 N–H and O–H groups in total. The van der Waals surface area contributed by atoms with E-state index in [1.54, 1.807) is 7.11 Å². The fourth-order valence-corrected chi connectivity index (χ4v) is 5.17. The van der Waals surface area contributed by atoms with Gasteiger partial charge in [-0.2, -0.15) is 0 Å². The van der Waals surface area contributed by atoms with Gasteiger partial charge in [0.25, 0.3) is 0 Å². The van der Waals surface area contributed by atoms with Gasteiger partial charge < -0.3 is 19.7 Å². The van der Waals surface area contributed by atoms with E-state index in [1.165, 1.54) is 61.7 Å². The summed E-state index contributed by atoms with van der Waals surface area (Å²) in [5.74, 6) is 3.55. The maximum atomic E-state index is 6.17. The van der Waals surface area contributed by atoms with Crippen molar-refractivity contribution in [2.75, 3.05) is 38.7 Å². The number of ether oxygens (including phenoxy) is 2. The van der Waals surface area contributed by atoms with Gasteiger partial charge in [0.15, 0.2) is 11.5 Å². The Bertz CT molecular complexity index is 903. The van der Waals surface area contributed by atoms with Crippen molar-refractivity contribution in [3.63, 3.8) is 0 Å². The third-order valence-corrected chi connectivity index (χ3v) is 7.11. The summed E-state index contributed by atoms with van der Waals surface area (Å²) in [5.41, 5.74) is 3.89. The van der Waals surface area contributed by atoms with Gasteiger partial charge in [0, 0.05) is 24.0 Å². The van der Waals surface area contributed by atoms with Crippen LogP contribution in [-0.2, 0) is 12.8 Å². The van der Waals surface area contributed by atoms with Gasteiger partial charge in [-0.3, -0.25) is 0 Å². The van der Waals surface area contributed by atoms with Crippen molar-refractivity contribution < 1.29 is 9.47 Å². The largest absolute Gasteiger partial charge is 0.493 e. The van der Waals surface area contributed by atoms with E-state index in [2.05, 4.69) is 29.3 Å². The molecule has 0 bridgehead atoms. The summed E-state index contributed by atoms with van der Waals surface area (Å²) < 4.78 is 11.9. The quantitative estimate of drug-likeness (QED) is 0.603. The Balaban J connectivity index is 1.38. The lowest BCUT2D eigenvalue weighted by molar-refractivity contribution is 0.254. The van der Waals surface area contributed by atoms with Crippen molar-refractivity contribution in [1.82, 2.24) is 9.88 Å². The molecule has 3 aliphatic rings. The van der Waals surface area contributed by atoms with Crippen LogP contribution in [-0.4, -0.2) is 49.3 Å². The van der Waals surface area contributed by atoms with Crippen LogP contribution in [0.1, 0.15) is 56.6 Å². The number of aromatic nitrogens is 1. The highest BCUT2D eigenvalue weighted by Crippen LogP contribution is 2.40. The van der Waals surface area contributed by atoms with Gasteiger partial charge in [0.1, 0.15) is 5.82 Å². The Morgan fingerprint density at radius 1 is 1.10 bits per heavy atom. The van der Waals surface area contributed by atoms with Gasteiger partial charge in [-0.05, 0) is 94.5 Å². The molecular formula is C25H35N3O2. The SMILES string of the molecule is COc1cc2c3c(c(N[C@@H](C)C4CC4)nc2cc1OCCCN1CCCC1)CCC3. The summed E-state index contributed by atoms with van der Waals surface area (Å²) in [7, 11) is 1.74. The van der Waals surface area contributed by atoms with E-state index in [1.807, 2.05) is 0 Å². The van der Waals surface area contributed by atoms with Gasteiger partial charge in [0.05, 0.1) is 19.2 Å². The predicted molar refractivity (Wildman–Crippen MR) is 122 cm³/mol. The second kappa shape index (κ2) is 8.62. The molecule has 1 aromatic carbocycles. The van der Waals surface area contributed by atoms with Crippen molar-refractivity contribution in [3.05, 3.63) is 23.3 Å². The zero-order valence-electron chi connectivity index (χ0n) is 18.5. The molecule has 1 saturated heterocycles. The number of methoxy groups -OCH3 is 1. The van der Waals surface area contributed by atoms with Gasteiger partial charge in [-0.1, -0.05) is 0 Å². The molecule has 2 aliphatic carbocycles. The first kappa shape index (κ1) is 19.9. The molecular weight excluding hydrogens is 374 g/mol. The molecule has 162 valence electrons. The zero-order valence-corrected chi connectivity index (χ0v) is 18.5. The first-order chi connectivity index (χ1) is 14.7. The number of fused-ring (bicyclic) bond motifs is 3. The van der Waals surface area contributed by atoms with Crippen LogP contribution in [0.4, 0.5) is 5.82 Å². The Morgan fingerprint density at radius 2 is 1.90 bits per heavy atom. The van der Waals surface area contributed by atoms with Crippen LogP contribution >= 0.6 is 0 Å². The lowest BCUT2D eigenvalue weighted by Crippen LogP contribution is -2.22. The molecule has 0 unspecified atom stereocenters. The number of pyridine rings is 1. The number of aryl methyl sites for hydroxylation is 1. The minimum atomic E-state index is 0.499. The minimum Gasteiger partial charge on any atom is -0.493 e. The standard InChI is InChI=1S/C25H35N3O2/c1-17(18-9-10-18)26-25-20-8-5-7-19(20)21-15-23(29-2)24(16-22(21)27-25)30-14-6-13-28-11-3-4-12-28/h15-18H,3-14H2,1-2H3,(H,26,27)/t17-/m0/s1. The van der Waals surface area contributed by atoms with Gasteiger partial charge in [-0.25, -0.2) is 4.98 Å². The van der Waals surface area contributed by atoms with Gasteiger partial charge in [-0.15, -0.1) is 0 Å². The van der Waals surface area contributed by atoms with E-state index in [-0.39, 0.29) is 0 Å². The Hall–Kier alpha value is -2.01. The fourth-order valence-electron chi connectivity index (χ4n) is 5.17. The first-order valence-electron chi connectivity index (χ1n) is 11.9. The van der Waals surface area contributed by atoms with Crippen molar-refractivity contribution in [2.24, 2.45) is 5.92 Å². The number of hydrogen-bond acceptors (Lipinski definition) is 5. The van der Waals surface area contributed by atoms with E-state index in [9.17, 15) is 0 Å². The Morgan fingerprint density at radius 3 is 2.67 bits per heavy atom. The number of nitrogens with zero attached hydrogens (tertiary/aromatic N) is 2. The monoisotopic (exact) mass is 409 g/mol. The van der Waals surface area contributed by atoms with Gasteiger partial charge in [0.2, 0.25) is 0 Å². The number of hydrogen-bond donors (Lipinski definition) is 1. The van der Waals surface area contributed by atoms with E-state index in [0.717, 1.165) is 54.6 Å². The van der Waals surface area contributed by atoms with Crippen LogP contribution in [0.3, 0.4) is 0 Å². The van der Waals surface area contributed by atoms with Crippen molar-refractivity contribution >= 4 is 16.7 Å². The summed E-state index contributed by atoms with van der Waals surface area (Å²) in [4.78, 5) is 7.60. The molecule has 1 atom stereocenters. The molecule has 2 fully saturated rings. The summed E-state index contributed by atoms with van der Waals surface area (Å²) in [6, 6.07) is 4.74. The summed E-state index contributed by atoms with van der Waals surface area (Å²) >= 11 is 0. The Labute approximate surface area is 180 Å². The first-order valence-corrected chi connectivity index (χ1v) is 11.9. The predicted octanol–water partition coefficient (Wildman–Crippen LogP) is 4.81. The van der Waals surface area contributed by atoms with Gasteiger partial charge >= 0.3 is 0 Å². The molecule has 1 aromatic heterocycles. The summed E-state index contributed by atoms with van der Waals surface area (Å²) in [5, 5.41) is 4.97. The molecule has 1 aliphatic heterocycles. The third kappa shape index (κ3) is 4.09. The third-order valence-electron chi connectivity index (χ3n) is 7.11. The van der Waals surface area contributed by atoms with Crippen LogP contribution in [0.15, 0.2) is 12.1 Å². The molecule has 5 nitrogen and oxygen atoms in total. The lowest BCUT2D eigenvalue weighted by Gasteiger charge is -2.19. The highest BCUT2D eigenvalue weighted by molar-refractivity contribution is 5.89. The normalized spacial score (nSPS) is 19.8. The molecule has 0 amide bonds. The molecule has 0 radical (unpaired) electrons. The number of rotatable bonds is 9. The molecule has 5 heteroatoms. The van der Waals surface area contributed by atoms with Crippen LogP contribution < -0.4 is 14.8 Å². The fraction of sp³-hybridized carbons (Fsp3) is 0.640. The molecule has 0 spiro atoms. The number of benzene rings is 1. The van der Waals surface area contributed by atoms with Crippen LogP contribution in [0.25, 0.3) is 10.9 Å². The number of anilines is 1. The van der Waals surface area contributed by atoms with Crippen LogP contribution in [0.2, 0.25) is 0 Å². The van der Waals surface area contributed by atoms with Crippen LogP contribution in [0, 0.1) is 5.92 Å². The number of likely N-dealkylation sites (tertiary alicyclic amines) is 1. The molecule has 2 heterocycles. The molecule has 2 aromatic rings. The summed E-state index contributed by atoms with van der Waals surface area (Å²) in [6.45, 7) is 6.61. The van der Waals surface area contributed by atoms with Crippen molar-refractivity contribution in [1.29, 1.82) is 0 Å². The maximum absolute atomic E-state index is 6.17. The zero-order chi connectivity index (χ0) is 20.5. The highest BCUT2D eigenvalue weighted by atomic mass is 16.5. The van der Waals surface area contributed by atoms with Crippen molar-refractivity contribution in [3.8, 4) is 11.5 Å². The van der Waals surface area contributed by atoms with E-state index >= 15 is 0 Å². The van der Waals surface area contributed by atoms with E-state index in [4.69, 9.17) is 14.5 Å². The molecule has 30 heavy (non-hydrogen) atoms. The highest BCUT2D eigenvalue weighted by Gasteiger charge is 2.30. The van der Waals surface area contributed by atoms with E-state index < -0.39 is 0 Å². The second-order valence-corrected chi connectivity index (χ2v) is 9.31. The van der Waals surface area contributed by atoms with Crippen LogP contribution in [0.5, 0.6) is 11.5 Å². The maximum Gasteiger partial charge on any atom is 0.163 e. The average Bonchev–Trinajstić information content (AvgIpc) is 3.26. The minimum absolute atomic E-state index is 0.499. The lowest BCUT2D eigenvalue weighted by atomic mass is 10.0. The molecule has 1 saturated carbocycles. The average molecular weight is 410 g/mol. The van der Waals surface area contributed by atoms with E-state index in [0.29, 0.717) is 12.6 Å². The smallest absolute Gasteiger partial charge is 0.163 e. The second-order valence-electron chi connectivity index (χ2n) is 9.31. The topological polar surface area (TPSA) is 46.6 Å². The Kier molecular flexibility index (Phi) is 5.72. The van der Waals surface area contributed by atoms with Crippen molar-refractivity contribution in [2.45, 2.75) is 64.3 Å². The number of nitrogens with one attached hydrogen (secondary N) is 1. The molecule has 5 rings (SSSR count).